The van der Waals surface area contributed by atoms with E-state index in [1.54, 1.807) is 12.1 Å². The number of aromatic nitrogens is 2. The number of imidazole rings is 1. The first-order valence-electron chi connectivity index (χ1n) is 6.69. The van der Waals surface area contributed by atoms with Crippen LogP contribution in [0.1, 0.15) is 37.0 Å². The Labute approximate surface area is 118 Å². The summed E-state index contributed by atoms with van der Waals surface area (Å²) < 4.78 is 7.64. The number of nitrogens with zero attached hydrogens (tertiary/aromatic N) is 2. The maximum absolute atomic E-state index is 11.4. The number of carboxylic acid groups (broad SMARTS) is 1. The van der Waals surface area contributed by atoms with Crippen LogP contribution in [0.4, 0.5) is 0 Å². The number of carboxylic acids is 1. The number of ether oxygens (including phenoxy) is 1. The van der Waals surface area contributed by atoms with E-state index < -0.39 is 5.97 Å². The van der Waals surface area contributed by atoms with Gasteiger partial charge in [0, 0.05) is 6.61 Å². The minimum atomic E-state index is -0.939. The average molecular weight is 276 g/mol. The highest BCUT2D eigenvalue weighted by molar-refractivity contribution is 6.01. The van der Waals surface area contributed by atoms with E-state index in [0.29, 0.717) is 24.2 Å². The van der Waals surface area contributed by atoms with E-state index >= 15 is 0 Å². The monoisotopic (exact) mass is 276 g/mol. The number of aromatic carboxylic acids is 1. The van der Waals surface area contributed by atoms with Gasteiger partial charge in [0.05, 0.1) is 28.7 Å². The van der Waals surface area contributed by atoms with Gasteiger partial charge in [0.1, 0.15) is 5.82 Å². The van der Waals surface area contributed by atoms with Gasteiger partial charge in [-0.25, -0.2) is 9.78 Å². The summed E-state index contributed by atoms with van der Waals surface area (Å²) in [4.78, 5) is 15.8. The highest BCUT2D eigenvalue weighted by atomic mass is 16.5. The molecule has 5 nitrogen and oxygen atoms in total. The number of aryl methyl sites for hydroxylation is 1. The lowest BCUT2D eigenvalue weighted by molar-refractivity contribution is -0.0220. The largest absolute Gasteiger partial charge is 0.478 e. The van der Waals surface area contributed by atoms with Crippen LogP contribution in [-0.2, 0) is 11.3 Å². The van der Waals surface area contributed by atoms with Gasteiger partial charge in [-0.15, -0.1) is 0 Å². The second kappa shape index (κ2) is 5.25. The predicted molar refractivity (Wildman–Crippen MR) is 77.1 cm³/mol. The molecule has 5 heteroatoms. The van der Waals surface area contributed by atoms with Crippen LogP contribution < -0.4 is 0 Å². The molecule has 1 N–H and O–H groups in total. The Hall–Kier alpha value is -1.88. The lowest BCUT2D eigenvalue weighted by atomic mass is 10.1. The Morgan fingerprint density at radius 1 is 1.45 bits per heavy atom. The number of hydrogen-bond acceptors (Lipinski definition) is 3. The van der Waals surface area contributed by atoms with Crippen molar-refractivity contribution in [1.82, 2.24) is 9.55 Å². The fourth-order valence-electron chi connectivity index (χ4n) is 2.48. The van der Waals surface area contributed by atoms with E-state index in [9.17, 15) is 9.90 Å². The van der Waals surface area contributed by atoms with Crippen LogP contribution in [0.3, 0.4) is 0 Å². The second-order valence-corrected chi connectivity index (χ2v) is 5.42. The van der Waals surface area contributed by atoms with Crippen molar-refractivity contribution in [3.8, 4) is 0 Å². The summed E-state index contributed by atoms with van der Waals surface area (Å²) in [5, 5.41) is 9.35. The van der Waals surface area contributed by atoms with E-state index in [1.165, 1.54) is 0 Å². The maximum atomic E-state index is 11.4. The van der Waals surface area contributed by atoms with Crippen LogP contribution in [0.15, 0.2) is 18.2 Å². The number of para-hydroxylation sites is 1. The van der Waals surface area contributed by atoms with Crippen LogP contribution >= 0.6 is 0 Å². The van der Waals surface area contributed by atoms with Crippen molar-refractivity contribution in [3.63, 3.8) is 0 Å². The van der Waals surface area contributed by atoms with Crippen molar-refractivity contribution < 1.29 is 14.6 Å². The van der Waals surface area contributed by atoms with Crippen LogP contribution in [0.5, 0.6) is 0 Å². The van der Waals surface area contributed by atoms with E-state index in [4.69, 9.17) is 4.74 Å². The third kappa shape index (κ3) is 2.67. The van der Waals surface area contributed by atoms with Gasteiger partial charge in [-0.3, -0.25) is 0 Å². The Bertz CT molecular complexity index is 644. The van der Waals surface area contributed by atoms with Gasteiger partial charge in [0.2, 0.25) is 0 Å². The minimum absolute atomic E-state index is 0.274. The average Bonchev–Trinajstić information content (AvgIpc) is 2.65. The van der Waals surface area contributed by atoms with Gasteiger partial charge in [-0.1, -0.05) is 6.07 Å². The highest BCUT2D eigenvalue weighted by Crippen LogP contribution is 2.24. The normalized spacial score (nSPS) is 12.0. The molecule has 20 heavy (non-hydrogen) atoms. The molecule has 0 saturated heterocycles. The molecule has 0 radical (unpaired) electrons. The Morgan fingerprint density at radius 2 is 2.15 bits per heavy atom. The maximum Gasteiger partial charge on any atom is 0.337 e. The van der Waals surface area contributed by atoms with Gasteiger partial charge in [0.25, 0.3) is 0 Å². The van der Waals surface area contributed by atoms with E-state index in [2.05, 4.69) is 4.98 Å². The first-order valence-corrected chi connectivity index (χ1v) is 6.69. The molecular formula is C15H20N2O3. The third-order valence-corrected chi connectivity index (χ3v) is 3.26. The van der Waals surface area contributed by atoms with Gasteiger partial charge < -0.3 is 14.4 Å². The van der Waals surface area contributed by atoms with Gasteiger partial charge in [-0.05, 0) is 39.8 Å². The quantitative estimate of drug-likeness (QED) is 0.912. The van der Waals surface area contributed by atoms with Crippen molar-refractivity contribution in [2.24, 2.45) is 0 Å². The molecule has 0 atom stereocenters. The van der Waals surface area contributed by atoms with Crippen LogP contribution in [0, 0.1) is 6.92 Å². The number of carbonyl (C=O) groups is 1. The molecular weight excluding hydrogens is 256 g/mol. The number of rotatable bonds is 5. The SMILES string of the molecule is CCOC(C)(C)Cn1c(C)nc2cccc(C(=O)O)c21. The first-order chi connectivity index (χ1) is 9.35. The molecule has 0 aliphatic heterocycles. The number of benzene rings is 1. The lowest BCUT2D eigenvalue weighted by Gasteiger charge is -2.26. The standard InChI is InChI=1S/C15H20N2O3/c1-5-20-15(3,4)9-17-10(2)16-12-8-6-7-11(13(12)17)14(18)19/h6-8H,5,9H2,1-4H3,(H,18,19). The molecule has 0 aliphatic rings. The van der Waals surface area contributed by atoms with Gasteiger partial charge >= 0.3 is 5.97 Å². The summed E-state index contributed by atoms with van der Waals surface area (Å²) in [6.45, 7) is 8.99. The zero-order valence-corrected chi connectivity index (χ0v) is 12.3. The summed E-state index contributed by atoms with van der Waals surface area (Å²) in [5.41, 5.74) is 1.26. The zero-order chi connectivity index (χ0) is 14.9. The molecule has 0 bridgehead atoms. The molecule has 2 rings (SSSR count). The molecule has 108 valence electrons. The molecule has 0 saturated carbocycles. The molecule has 0 aliphatic carbocycles. The van der Waals surface area contributed by atoms with E-state index in [-0.39, 0.29) is 11.2 Å². The molecule has 2 aromatic rings. The molecule has 0 amide bonds. The Kier molecular flexibility index (Phi) is 3.81. The fourth-order valence-corrected chi connectivity index (χ4v) is 2.48. The minimum Gasteiger partial charge on any atom is -0.478 e. The van der Waals surface area contributed by atoms with E-state index in [1.807, 2.05) is 38.3 Å². The van der Waals surface area contributed by atoms with Crippen molar-refractivity contribution in [3.05, 3.63) is 29.6 Å². The second-order valence-electron chi connectivity index (χ2n) is 5.42. The summed E-state index contributed by atoms with van der Waals surface area (Å²) >= 11 is 0. The van der Waals surface area contributed by atoms with Gasteiger partial charge in [0.15, 0.2) is 0 Å². The smallest absolute Gasteiger partial charge is 0.337 e. The number of fused-ring (bicyclic) bond motifs is 1. The van der Waals surface area contributed by atoms with Crippen LogP contribution in [0.25, 0.3) is 11.0 Å². The first kappa shape index (κ1) is 14.5. The van der Waals surface area contributed by atoms with Crippen molar-refractivity contribution >= 4 is 17.0 Å². The predicted octanol–water partition coefficient (Wildman–Crippen LogP) is 2.86. The topological polar surface area (TPSA) is 64.4 Å². The van der Waals surface area contributed by atoms with E-state index in [0.717, 1.165) is 5.82 Å². The molecule has 0 fully saturated rings. The Balaban J connectivity index is 2.58. The Morgan fingerprint density at radius 3 is 2.75 bits per heavy atom. The van der Waals surface area contributed by atoms with Crippen LogP contribution in [-0.4, -0.2) is 32.8 Å². The highest BCUT2D eigenvalue weighted by Gasteiger charge is 2.23. The summed E-state index contributed by atoms with van der Waals surface area (Å²) in [5.74, 6) is -0.146. The third-order valence-electron chi connectivity index (χ3n) is 3.26. The van der Waals surface area contributed by atoms with Crippen molar-refractivity contribution in [2.75, 3.05) is 6.61 Å². The molecule has 1 heterocycles. The fraction of sp³-hybridized carbons (Fsp3) is 0.467. The number of hydrogen-bond donors (Lipinski definition) is 1. The van der Waals surface area contributed by atoms with Crippen molar-refractivity contribution in [2.45, 2.75) is 39.8 Å². The molecule has 1 aromatic carbocycles. The van der Waals surface area contributed by atoms with Gasteiger partial charge in [-0.2, -0.15) is 0 Å². The zero-order valence-electron chi connectivity index (χ0n) is 12.3. The van der Waals surface area contributed by atoms with Crippen molar-refractivity contribution in [1.29, 1.82) is 0 Å². The summed E-state index contributed by atoms with van der Waals surface area (Å²) in [6.07, 6.45) is 0. The summed E-state index contributed by atoms with van der Waals surface area (Å²) in [7, 11) is 0. The molecule has 0 unspecified atom stereocenters. The molecule has 0 spiro atoms. The molecule has 1 aromatic heterocycles. The summed E-state index contributed by atoms with van der Waals surface area (Å²) in [6, 6.07) is 5.16. The van der Waals surface area contributed by atoms with Crippen LogP contribution in [0.2, 0.25) is 0 Å². The lowest BCUT2D eigenvalue weighted by Crippen LogP contribution is -2.31.